The lowest BCUT2D eigenvalue weighted by atomic mass is 9.96. The van der Waals surface area contributed by atoms with Gasteiger partial charge in [0.05, 0.1) is 18.4 Å². The number of aryl methyl sites for hydroxylation is 1. The lowest BCUT2D eigenvalue weighted by molar-refractivity contribution is -0.131. The Morgan fingerprint density at radius 2 is 0.741 bits per heavy atom. The van der Waals surface area contributed by atoms with Crippen molar-refractivity contribution < 1.29 is 78.2 Å². The summed E-state index contributed by atoms with van der Waals surface area (Å²) >= 11 is 47.4. The predicted molar refractivity (Wildman–Crippen MR) is 542 cm³/mol. The maximum Gasteiger partial charge on any atom is 0.408 e. The van der Waals surface area contributed by atoms with Gasteiger partial charge in [-0.05, 0) is 270 Å². The molecule has 17 rings (SSSR count). The standard InChI is InChI=1S/C36H29Cl2F2N3O3.C32H30Cl2F2N2O4.C27H22Cl2F2N2O2.C8H8N2O2.CH2Cl2.CH4/c37-28-16-26(17-29(38)20-28)32-19-25(23-3-5-24(6-4-23)35(45)43-13-11-36(39,40)12-14-43)15-27-18-31(46-34(27)32)9-8-30(44)7-1-22-2-10-33(41)42-21-22;1-31(2,3)42-30(40)37-18-26-15-23-12-21(16-27(28(23)41-26)22-13-24(33)17-25(34)14-22)19-4-6-20(7-5-19)29(39)38-10-8-32(35,36)9-11-38;28-21-10-19(11-22(29)14-21)24-13-18(9-20-12-23(15-32)35-25(20)24)16-1-3-17(4-2-16)26(34)33-7-5-27(30,31)6-8-33;9-7-3-1-6(5-10-7)2-4-8(11)12;2-1-3;/h1-7,10,15-21H,8-9,11-14H2,(H2,41,42);4-7,12-17H,8-11,18H2,1-3H3,(H,37,40);1-4,9-14H,5-8,15,32H2;1-5H,(H2,9,10)(H,11,12);1H2;1H4/b7-1+;;;4-2+;;. The third-order valence-corrected chi connectivity index (χ3v) is 23.7. The average molecular weight is 2060 g/mol. The lowest BCUT2D eigenvalue weighted by Gasteiger charge is -2.31. The number of furan rings is 3. The van der Waals surface area contributed by atoms with Crippen LogP contribution in [0.2, 0.25) is 30.1 Å². The number of aromatic nitrogens is 2. The first-order valence-corrected chi connectivity index (χ1v) is 46.7. The van der Waals surface area contributed by atoms with E-state index in [1.54, 1.807) is 136 Å². The number of carbonyl (C=O) groups is 6. The number of likely N-dealkylation sites (tertiary alicyclic amines) is 3. The van der Waals surface area contributed by atoms with Crippen LogP contribution < -0.4 is 22.5 Å². The summed E-state index contributed by atoms with van der Waals surface area (Å²) in [5, 5.41) is 16.6. The average Bonchev–Trinajstić information content (AvgIpc) is 1.67. The molecule has 9 aromatic carbocycles. The van der Waals surface area contributed by atoms with Crippen molar-refractivity contribution in [3.05, 3.63) is 306 Å². The van der Waals surface area contributed by atoms with E-state index in [1.165, 1.54) is 33.0 Å². The second-order valence-electron chi connectivity index (χ2n) is 33.8. The van der Waals surface area contributed by atoms with Crippen molar-refractivity contribution in [3.63, 3.8) is 0 Å². The number of fused-ring (bicyclic) bond motifs is 3. The number of carboxylic acid groups (broad SMARTS) is 1. The smallest absolute Gasteiger partial charge is 0.408 e. The van der Waals surface area contributed by atoms with E-state index in [0.29, 0.717) is 104 Å². The van der Waals surface area contributed by atoms with Crippen LogP contribution in [0.1, 0.15) is 133 Å². The fourth-order valence-corrected chi connectivity index (χ4v) is 17.0. The number of nitrogens with zero attached hydrogens (tertiary/aromatic N) is 5. The molecule has 3 saturated heterocycles. The second-order valence-corrected chi connectivity index (χ2v) is 37.2. The lowest BCUT2D eigenvalue weighted by Crippen LogP contribution is -2.42. The Balaban J connectivity index is 0.000000174. The number of anilines is 2. The van der Waals surface area contributed by atoms with Crippen molar-refractivity contribution in [1.29, 1.82) is 0 Å². The number of aliphatic carboxylic acids is 1. The Bertz CT molecular complexity index is 6770. The van der Waals surface area contributed by atoms with Gasteiger partial charge in [-0.15, -0.1) is 23.2 Å². The van der Waals surface area contributed by atoms with Crippen LogP contribution >= 0.6 is 92.8 Å². The molecule has 0 bridgehead atoms. The monoisotopic (exact) mass is 2050 g/mol. The van der Waals surface area contributed by atoms with Crippen LogP contribution in [0, 0.1) is 0 Å². The zero-order valence-electron chi connectivity index (χ0n) is 74.4. The van der Waals surface area contributed by atoms with E-state index in [4.69, 9.17) is 133 Å². The van der Waals surface area contributed by atoms with Crippen LogP contribution in [0.4, 0.5) is 42.8 Å². The van der Waals surface area contributed by atoms with Crippen molar-refractivity contribution in [3.8, 4) is 66.8 Å². The number of nitrogens with one attached hydrogen (secondary N) is 1. The molecule has 0 aliphatic carbocycles. The number of pyridine rings is 2. The number of alkyl carbamates (subject to hydrolysis) is 1. The third kappa shape index (κ3) is 29.2. The fourth-order valence-electron chi connectivity index (χ4n) is 15.5. The van der Waals surface area contributed by atoms with Crippen molar-refractivity contribution in [1.82, 2.24) is 30.0 Å². The molecular formula is C105H95Cl8F6N9O11. The number of allylic oxidation sites excluding steroid dienone is 1. The molecule has 0 atom stereocenters. The van der Waals surface area contributed by atoms with Crippen LogP contribution in [0.25, 0.3) is 112 Å². The quantitative estimate of drug-likeness (QED) is 0.0285. The van der Waals surface area contributed by atoms with Crippen LogP contribution in [0.5, 0.6) is 0 Å². The maximum absolute atomic E-state index is 13.6. The number of benzene rings is 9. The van der Waals surface area contributed by atoms with Crippen molar-refractivity contribution in [2.75, 3.05) is 56.1 Å². The maximum atomic E-state index is 13.6. The Hall–Kier alpha value is -12.3. The topological polar surface area (TPSA) is 297 Å². The summed E-state index contributed by atoms with van der Waals surface area (Å²) in [6.45, 7) is 5.97. The van der Waals surface area contributed by atoms with Crippen LogP contribution in [0.3, 0.4) is 0 Å². The van der Waals surface area contributed by atoms with Crippen LogP contribution in [-0.4, -0.2) is 133 Å². The van der Waals surface area contributed by atoms with Gasteiger partial charge in [-0.1, -0.05) is 113 Å². The minimum atomic E-state index is -2.72. The molecule has 3 aliphatic rings. The SMILES string of the molecule is C.CC(C)(C)OC(=O)NCc1cc2cc(-c3ccc(C(=O)N4CCC(F)(F)CC4)cc3)cc(-c3cc(Cl)cc(Cl)c3)c2o1.ClCCl.NCc1cc2cc(-c3ccc(C(=O)N4CCC(F)(F)CC4)cc3)cc(-c3cc(Cl)cc(Cl)c3)c2o1.Nc1ccc(/C=C/C(=O)CCc2cc3cc(-c4ccc(C(=O)N5CCC(F)(F)CC5)cc4)cc(-c4cc(Cl)cc(Cl)c4)c3o2)cn1.Nc1ccc(/C=C/C(=O)O)cn1. The number of hydrogen-bond donors (Lipinski definition) is 5. The molecule has 20 nitrogen and oxygen atoms in total. The number of ketones is 1. The molecule has 4 amide bonds. The number of alkyl halides is 8. The molecule has 724 valence electrons. The van der Waals surface area contributed by atoms with Gasteiger partial charge < -0.3 is 60.3 Å². The van der Waals surface area contributed by atoms with E-state index in [0.717, 1.165) is 94.6 Å². The molecule has 0 spiro atoms. The highest BCUT2D eigenvalue weighted by molar-refractivity contribution is 6.40. The van der Waals surface area contributed by atoms with Gasteiger partial charge >= 0.3 is 12.1 Å². The molecule has 8 heterocycles. The van der Waals surface area contributed by atoms with Gasteiger partial charge in [-0.25, -0.2) is 45.9 Å². The van der Waals surface area contributed by atoms with Crippen molar-refractivity contribution >= 4 is 185 Å². The van der Waals surface area contributed by atoms with E-state index < -0.39 is 35.4 Å². The number of ether oxygens (including phenoxy) is 1. The normalized spacial score (nSPS) is 14.3. The van der Waals surface area contributed by atoms with Gasteiger partial charge in [-0.2, -0.15) is 0 Å². The summed E-state index contributed by atoms with van der Waals surface area (Å²) in [5.41, 5.74) is 30.7. The summed E-state index contributed by atoms with van der Waals surface area (Å²) in [6.07, 6.45) is 6.99. The number of rotatable bonds is 19. The third-order valence-electron chi connectivity index (χ3n) is 22.4. The van der Waals surface area contributed by atoms with E-state index in [9.17, 15) is 55.1 Å². The number of nitrogen functional groups attached to an aromatic ring is 2. The summed E-state index contributed by atoms with van der Waals surface area (Å²) in [6, 6.07) is 61.4. The van der Waals surface area contributed by atoms with Crippen LogP contribution in [0.15, 0.2) is 244 Å². The zero-order valence-corrected chi connectivity index (χ0v) is 80.5. The Morgan fingerprint density at radius 1 is 0.432 bits per heavy atom. The molecule has 14 aromatic rings. The largest absolute Gasteiger partial charge is 0.478 e. The number of hydrogen-bond acceptors (Lipinski definition) is 15. The van der Waals surface area contributed by atoms with E-state index in [-0.39, 0.29) is 134 Å². The summed E-state index contributed by atoms with van der Waals surface area (Å²) in [7, 11) is 0. The number of amides is 4. The second kappa shape index (κ2) is 46.6. The van der Waals surface area contributed by atoms with E-state index in [2.05, 4.69) is 15.3 Å². The Morgan fingerprint density at radius 3 is 1.05 bits per heavy atom. The number of carboxylic acids is 1. The number of carbonyl (C=O) groups excluding carboxylic acids is 5. The van der Waals surface area contributed by atoms with Gasteiger partial charge in [-0.3, -0.25) is 19.2 Å². The summed E-state index contributed by atoms with van der Waals surface area (Å²) in [4.78, 5) is 85.9. The predicted octanol–water partition coefficient (Wildman–Crippen LogP) is 28.3. The molecular weight excluding hydrogens is 1960 g/mol. The van der Waals surface area contributed by atoms with Gasteiger partial charge in [0.1, 0.15) is 51.3 Å². The molecule has 3 fully saturated rings. The van der Waals surface area contributed by atoms with E-state index >= 15 is 0 Å². The highest BCUT2D eigenvalue weighted by Crippen LogP contribution is 2.44. The van der Waals surface area contributed by atoms with Gasteiger partial charge in [0.25, 0.3) is 35.5 Å². The molecule has 0 radical (unpaired) electrons. The molecule has 0 saturated carbocycles. The Labute approximate surface area is 837 Å². The minimum Gasteiger partial charge on any atom is -0.478 e. The minimum absolute atomic E-state index is 0. The van der Waals surface area contributed by atoms with Gasteiger partial charge in [0.2, 0.25) is 0 Å². The number of halogens is 14. The van der Waals surface area contributed by atoms with Gasteiger partial charge in [0.15, 0.2) is 5.78 Å². The van der Waals surface area contributed by atoms with Crippen LogP contribution in [-0.2, 0) is 33.8 Å². The molecule has 8 N–H and O–H groups in total. The fraction of sp³-hybridized carbons (Fsp3) is 0.238. The van der Waals surface area contributed by atoms with E-state index in [1.807, 2.05) is 103 Å². The molecule has 139 heavy (non-hydrogen) atoms. The highest BCUT2D eigenvalue weighted by atomic mass is 35.5. The zero-order chi connectivity index (χ0) is 99.1. The first-order chi connectivity index (χ1) is 65.6. The molecule has 0 unspecified atom stereocenters. The molecule has 34 heteroatoms. The highest BCUT2D eigenvalue weighted by Gasteiger charge is 2.39. The number of piperidine rings is 3. The van der Waals surface area contributed by atoms with Crippen molar-refractivity contribution in [2.45, 2.75) is 116 Å². The molecule has 3 aliphatic heterocycles. The van der Waals surface area contributed by atoms with Crippen molar-refractivity contribution in [2.24, 2.45) is 5.73 Å². The molecule has 5 aromatic heterocycles. The summed E-state index contributed by atoms with van der Waals surface area (Å²) in [5.74, 6) is -7.29. The number of nitrogens with two attached hydrogens (primary N) is 3. The first kappa shape index (κ1) is 106. The first-order valence-electron chi connectivity index (χ1n) is 43.4. The van der Waals surface area contributed by atoms with Gasteiger partial charge in [0, 0.05) is 189 Å². The summed E-state index contributed by atoms with van der Waals surface area (Å²) < 4.78 is 105. The Kier molecular flexibility index (Phi) is 35.4.